The minimum Gasteiger partial charge on any atom is -0.507 e. The van der Waals surface area contributed by atoms with Gasteiger partial charge in [0.15, 0.2) is 12.4 Å². The SMILES string of the molecule is NS(=O)(=O)c1cc[n+](-c2cccc(C(c3c(O)c4c(oc3=O)CCCCCC4)C3CC3)c2)cc1. The van der Waals surface area contributed by atoms with Crippen LogP contribution >= 0.6 is 0 Å². The Kier molecular flexibility index (Phi) is 6.04. The Balaban J connectivity index is 1.57. The van der Waals surface area contributed by atoms with E-state index in [9.17, 15) is 18.3 Å². The van der Waals surface area contributed by atoms with Crippen molar-refractivity contribution < 1.29 is 22.5 Å². The molecule has 2 aliphatic carbocycles. The molecule has 0 bridgehead atoms. The fourth-order valence-corrected chi connectivity index (χ4v) is 5.55. The van der Waals surface area contributed by atoms with Gasteiger partial charge in [0.2, 0.25) is 15.7 Å². The van der Waals surface area contributed by atoms with Gasteiger partial charge in [0, 0.05) is 42.2 Å². The number of fused-ring (bicyclic) bond motifs is 1. The van der Waals surface area contributed by atoms with Crippen molar-refractivity contribution in [3.63, 3.8) is 0 Å². The summed E-state index contributed by atoms with van der Waals surface area (Å²) in [6.07, 6.45) is 10.8. The van der Waals surface area contributed by atoms with Crippen LogP contribution in [0.5, 0.6) is 5.75 Å². The van der Waals surface area contributed by atoms with Crippen LogP contribution in [0.2, 0.25) is 0 Å². The van der Waals surface area contributed by atoms with E-state index < -0.39 is 15.6 Å². The first kappa shape index (κ1) is 22.8. The lowest BCUT2D eigenvalue weighted by Gasteiger charge is -2.21. The molecule has 0 saturated heterocycles. The largest absolute Gasteiger partial charge is 0.507 e. The lowest BCUT2D eigenvalue weighted by molar-refractivity contribution is -0.596. The number of benzene rings is 1. The van der Waals surface area contributed by atoms with Gasteiger partial charge in [0.1, 0.15) is 11.5 Å². The van der Waals surface area contributed by atoms with Gasteiger partial charge in [-0.3, -0.25) is 0 Å². The van der Waals surface area contributed by atoms with Crippen molar-refractivity contribution in [1.82, 2.24) is 0 Å². The molecule has 7 nitrogen and oxygen atoms in total. The molecule has 2 aromatic heterocycles. The van der Waals surface area contributed by atoms with Gasteiger partial charge in [-0.2, -0.15) is 4.57 Å². The van der Waals surface area contributed by atoms with E-state index >= 15 is 0 Å². The van der Waals surface area contributed by atoms with Crippen LogP contribution in [0.1, 0.15) is 66.9 Å². The Hall–Kier alpha value is -2.97. The summed E-state index contributed by atoms with van der Waals surface area (Å²) < 4.78 is 30.7. The standard InChI is InChI=1S/C26H28N2O5S/c27-34(31,32)20-12-14-28(15-13-20)19-7-5-6-18(16-19)23(17-10-11-17)24-25(29)21-8-3-1-2-4-9-22(21)33-26(24)30/h5-7,12-17,23H,1-4,8-11H2,(H2-,27,29,30,31,32)/p+1. The van der Waals surface area contributed by atoms with Gasteiger partial charge in [0.05, 0.1) is 10.5 Å². The number of rotatable bonds is 5. The van der Waals surface area contributed by atoms with Crippen molar-refractivity contribution in [1.29, 1.82) is 0 Å². The third-order valence-electron chi connectivity index (χ3n) is 6.95. The number of nitrogens with zero attached hydrogens (tertiary/aromatic N) is 1. The van der Waals surface area contributed by atoms with Gasteiger partial charge in [-0.25, -0.2) is 18.4 Å². The average molecular weight is 482 g/mol. The highest BCUT2D eigenvalue weighted by Crippen LogP contribution is 2.48. The third-order valence-corrected chi connectivity index (χ3v) is 7.88. The summed E-state index contributed by atoms with van der Waals surface area (Å²) in [5.74, 6) is 0.766. The van der Waals surface area contributed by atoms with Gasteiger partial charge < -0.3 is 9.52 Å². The van der Waals surface area contributed by atoms with E-state index in [1.807, 2.05) is 24.3 Å². The first-order valence-corrected chi connectivity index (χ1v) is 13.4. The van der Waals surface area contributed by atoms with Crippen LogP contribution < -0.4 is 15.3 Å². The van der Waals surface area contributed by atoms with Crippen LogP contribution in [-0.2, 0) is 22.9 Å². The molecule has 5 rings (SSSR count). The highest BCUT2D eigenvalue weighted by Gasteiger charge is 2.38. The molecular formula is C26H29N2O5S+. The summed E-state index contributed by atoms with van der Waals surface area (Å²) in [7, 11) is -3.77. The van der Waals surface area contributed by atoms with Gasteiger partial charge >= 0.3 is 5.63 Å². The molecule has 1 saturated carbocycles. The van der Waals surface area contributed by atoms with Crippen molar-refractivity contribution in [3.05, 3.63) is 81.7 Å². The molecule has 0 spiro atoms. The van der Waals surface area contributed by atoms with Gasteiger partial charge in [-0.05, 0) is 43.6 Å². The molecule has 2 aliphatic rings. The van der Waals surface area contributed by atoms with Crippen molar-refractivity contribution in [3.8, 4) is 11.4 Å². The number of sulfonamides is 1. The Bertz CT molecular complexity index is 1380. The molecule has 2 heterocycles. The van der Waals surface area contributed by atoms with Gasteiger partial charge in [0.25, 0.3) is 0 Å². The quantitative estimate of drug-likeness (QED) is 0.542. The number of hydrogen-bond donors (Lipinski definition) is 2. The van der Waals surface area contributed by atoms with Gasteiger partial charge in [-0.1, -0.05) is 25.0 Å². The second kappa shape index (κ2) is 9.00. The molecule has 3 aromatic rings. The second-order valence-corrected chi connectivity index (χ2v) is 10.9. The molecular weight excluding hydrogens is 452 g/mol. The fraction of sp³-hybridized carbons (Fsp3) is 0.385. The molecule has 1 unspecified atom stereocenters. The maximum atomic E-state index is 13.1. The van der Waals surface area contributed by atoms with Crippen LogP contribution in [0, 0.1) is 5.92 Å². The number of primary sulfonamides is 1. The molecule has 1 aromatic carbocycles. The third kappa shape index (κ3) is 4.52. The first-order valence-electron chi connectivity index (χ1n) is 11.8. The molecule has 1 atom stereocenters. The van der Waals surface area contributed by atoms with Crippen molar-refractivity contribution in [2.75, 3.05) is 0 Å². The zero-order valence-corrected chi connectivity index (χ0v) is 19.8. The predicted molar refractivity (Wildman–Crippen MR) is 126 cm³/mol. The monoisotopic (exact) mass is 481 g/mol. The molecule has 0 amide bonds. The van der Waals surface area contributed by atoms with Crippen molar-refractivity contribution in [2.24, 2.45) is 11.1 Å². The molecule has 8 heteroatoms. The second-order valence-electron chi connectivity index (χ2n) is 9.36. The van der Waals surface area contributed by atoms with Crippen molar-refractivity contribution in [2.45, 2.75) is 62.2 Å². The van der Waals surface area contributed by atoms with E-state index in [1.165, 1.54) is 12.1 Å². The Labute approximate surface area is 198 Å². The summed E-state index contributed by atoms with van der Waals surface area (Å²) in [5.41, 5.74) is 2.47. The molecule has 3 N–H and O–H groups in total. The number of nitrogens with two attached hydrogens (primary N) is 1. The van der Waals surface area contributed by atoms with E-state index in [0.29, 0.717) is 17.7 Å². The fourth-order valence-electron chi connectivity index (χ4n) is 5.05. The first-order chi connectivity index (χ1) is 16.3. The van der Waals surface area contributed by atoms with Crippen LogP contribution in [0.4, 0.5) is 0 Å². The zero-order chi connectivity index (χ0) is 23.9. The maximum Gasteiger partial charge on any atom is 0.343 e. The van der Waals surface area contributed by atoms with Crippen LogP contribution in [0.15, 0.2) is 62.9 Å². The van der Waals surface area contributed by atoms with Gasteiger partial charge in [-0.15, -0.1) is 0 Å². The average Bonchev–Trinajstić information content (AvgIpc) is 3.63. The summed E-state index contributed by atoms with van der Waals surface area (Å²) in [5, 5.41) is 16.5. The Morgan fingerprint density at radius 2 is 1.74 bits per heavy atom. The number of aromatic nitrogens is 1. The van der Waals surface area contributed by atoms with E-state index in [0.717, 1.165) is 61.8 Å². The summed E-state index contributed by atoms with van der Waals surface area (Å²) in [4.78, 5) is 13.2. The summed E-state index contributed by atoms with van der Waals surface area (Å²) in [6.45, 7) is 0. The minimum absolute atomic E-state index is 0.0408. The molecule has 0 aliphatic heterocycles. The number of pyridine rings is 1. The maximum absolute atomic E-state index is 13.1. The lowest BCUT2D eigenvalue weighted by atomic mass is 9.85. The van der Waals surface area contributed by atoms with Crippen molar-refractivity contribution >= 4 is 10.0 Å². The zero-order valence-electron chi connectivity index (χ0n) is 18.9. The normalized spacial score (nSPS) is 17.4. The van der Waals surface area contributed by atoms with E-state index in [2.05, 4.69) is 0 Å². The van der Waals surface area contributed by atoms with E-state index in [4.69, 9.17) is 9.56 Å². The molecule has 34 heavy (non-hydrogen) atoms. The van der Waals surface area contributed by atoms with Crippen LogP contribution in [-0.4, -0.2) is 13.5 Å². The molecule has 178 valence electrons. The summed E-state index contributed by atoms with van der Waals surface area (Å²) >= 11 is 0. The lowest BCUT2D eigenvalue weighted by Crippen LogP contribution is -2.30. The Morgan fingerprint density at radius 1 is 1.03 bits per heavy atom. The van der Waals surface area contributed by atoms with Crippen LogP contribution in [0.25, 0.3) is 5.69 Å². The Morgan fingerprint density at radius 3 is 2.41 bits per heavy atom. The van der Waals surface area contributed by atoms with Crippen LogP contribution in [0.3, 0.4) is 0 Å². The number of aryl methyl sites for hydroxylation is 1. The highest BCUT2D eigenvalue weighted by atomic mass is 32.2. The summed E-state index contributed by atoms with van der Waals surface area (Å²) in [6, 6.07) is 10.7. The van der Waals surface area contributed by atoms with E-state index in [1.54, 1.807) is 17.0 Å². The number of aromatic hydroxyl groups is 1. The smallest absolute Gasteiger partial charge is 0.343 e. The topological polar surface area (TPSA) is 114 Å². The minimum atomic E-state index is -3.77. The highest BCUT2D eigenvalue weighted by molar-refractivity contribution is 7.89. The number of hydrogen-bond acceptors (Lipinski definition) is 5. The molecule has 0 radical (unpaired) electrons. The predicted octanol–water partition coefficient (Wildman–Crippen LogP) is 3.47. The van der Waals surface area contributed by atoms with E-state index in [-0.39, 0.29) is 22.5 Å². The molecule has 1 fully saturated rings.